The number of anilines is 1. The average Bonchev–Trinajstić information content (AvgIpc) is 3.25. The molecule has 6 heteroatoms. The van der Waals surface area contributed by atoms with Crippen LogP contribution < -0.4 is 4.90 Å². The number of aromatic nitrogens is 2. The van der Waals surface area contributed by atoms with Crippen LogP contribution in [-0.2, 0) is 4.79 Å². The van der Waals surface area contributed by atoms with E-state index in [1.54, 1.807) is 24.6 Å². The van der Waals surface area contributed by atoms with Gasteiger partial charge in [-0.2, -0.15) is 0 Å². The first-order valence-electron chi connectivity index (χ1n) is 7.98. The molecule has 4 heterocycles. The van der Waals surface area contributed by atoms with Crippen molar-refractivity contribution in [1.29, 1.82) is 0 Å². The normalized spacial score (nSPS) is 25.3. The Bertz CT molecular complexity index is 700. The van der Waals surface area contributed by atoms with Gasteiger partial charge in [0.2, 0.25) is 5.91 Å². The van der Waals surface area contributed by atoms with E-state index in [0.29, 0.717) is 12.1 Å². The number of carbonyl (C=O) groups excluding carboxylic acids is 1. The maximum absolute atomic E-state index is 11.9. The monoisotopic (exact) mass is 316 g/mol. The van der Waals surface area contributed by atoms with Crippen LogP contribution in [0, 0.1) is 0 Å². The van der Waals surface area contributed by atoms with Gasteiger partial charge in [0, 0.05) is 20.0 Å². The van der Waals surface area contributed by atoms with Gasteiger partial charge in [-0.15, -0.1) is 11.3 Å². The van der Waals surface area contributed by atoms with Gasteiger partial charge in [-0.05, 0) is 37.1 Å². The van der Waals surface area contributed by atoms with Crippen LogP contribution in [0.1, 0.15) is 32.6 Å². The van der Waals surface area contributed by atoms with Crippen LogP contribution >= 0.6 is 11.3 Å². The zero-order chi connectivity index (χ0) is 15.1. The van der Waals surface area contributed by atoms with E-state index in [4.69, 9.17) is 0 Å². The minimum absolute atomic E-state index is 0.206. The molecular formula is C16H20N4OS. The summed E-state index contributed by atoms with van der Waals surface area (Å²) in [6.45, 7) is 3.62. The Morgan fingerprint density at radius 2 is 2.05 bits per heavy atom. The fraction of sp³-hybridized carbons (Fsp3) is 0.562. The molecule has 2 aromatic rings. The summed E-state index contributed by atoms with van der Waals surface area (Å²) >= 11 is 1.66. The van der Waals surface area contributed by atoms with Crippen molar-refractivity contribution in [2.24, 2.45) is 0 Å². The van der Waals surface area contributed by atoms with Gasteiger partial charge in [0.15, 0.2) is 0 Å². The molecule has 22 heavy (non-hydrogen) atoms. The second-order valence-corrected chi connectivity index (χ2v) is 7.06. The molecule has 116 valence electrons. The molecular weight excluding hydrogens is 296 g/mol. The van der Waals surface area contributed by atoms with Gasteiger partial charge in [-0.1, -0.05) is 0 Å². The van der Waals surface area contributed by atoms with Crippen molar-refractivity contribution in [2.45, 2.75) is 44.7 Å². The number of amides is 1. The van der Waals surface area contributed by atoms with E-state index < -0.39 is 0 Å². The highest BCUT2D eigenvalue weighted by Gasteiger charge is 2.39. The number of hydrogen-bond donors (Lipinski definition) is 0. The summed E-state index contributed by atoms with van der Waals surface area (Å²) < 4.78 is 0. The van der Waals surface area contributed by atoms with Crippen molar-refractivity contribution in [1.82, 2.24) is 14.9 Å². The Labute approximate surface area is 134 Å². The number of thiophene rings is 1. The second-order valence-electron chi connectivity index (χ2n) is 6.16. The summed E-state index contributed by atoms with van der Waals surface area (Å²) in [4.78, 5) is 26.4. The Kier molecular flexibility index (Phi) is 3.48. The standard InChI is InChI=1S/C16H20N4OS/c1-11(21)19-7-2-4-13(19)14-5-3-8-20(14)15-12-6-9-22-16(12)18-10-17-15/h6,9-10,13-14H,2-5,7-8H2,1H3/t13-,14+/m1/s1. The molecule has 5 nitrogen and oxygen atoms in total. The minimum atomic E-state index is 0.206. The molecule has 2 atom stereocenters. The molecule has 2 aliphatic heterocycles. The van der Waals surface area contributed by atoms with Gasteiger partial charge in [0.25, 0.3) is 0 Å². The SMILES string of the molecule is CC(=O)N1CCC[C@@H]1[C@@H]1CCCN1c1ncnc2sccc12. The molecule has 4 rings (SSSR count). The highest BCUT2D eigenvalue weighted by Crippen LogP contribution is 2.36. The molecule has 2 fully saturated rings. The summed E-state index contributed by atoms with van der Waals surface area (Å²) in [5.41, 5.74) is 0. The number of rotatable bonds is 2. The van der Waals surface area contributed by atoms with Crippen LogP contribution in [-0.4, -0.2) is 45.9 Å². The molecule has 2 aliphatic rings. The van der Waals surface area contributed by atoms with E-state index >= 15 is 0 Å². The lowest BCUT2D eigenvalue weighted by atomic mass is 10.0. The summed E-state index contributed by atoms with van der Waals surface area (Å²) in [5.74, 6) is 1.25. The first-order chi connectivity index (χ1) is 10.8. The smallest absolute Gasteiger partial charge is 0.219 e. The third-order valence-corrected chi connectivity index (χ3v) is 5.78. The predicted molar refractivity (Wildman–Crippen MR) is 88.2 cm³/mol. The van der Waals surface area contributed by atoms with Crippen molar-refractivity contribution in [2.75, 3.05) is 18.0 Å². The third-order valence-electron chi connectivity index (χ3n) is 4.96. The number of carbonyl (C=O) groups is 1. The first kappa shape index (κ1) is 13.9. The molecule has 2 aromatic heterocycles. The van der Waals surface area contributed by atoms with Crippen molar-refractivity contribution < 1.29 is 4.79 Å². The van der Waals surface area contributed by atoms with Crippen LogP contribution in [0.5, 0.6) is 0 Å². The quantitative estimate of drug-likeness (QED) is 0.855. The van der Waals surface area contributed by atoms with Crippen molar-refractivity contribution >= 4 is 33.3 Å². The highest BCUT2D eigenvalue weighted by atomic mass is 32.1. The number of nitrogens with zero attached hydrogens (tertiary/aromatic N) is 4. The van der Waals surface area contributed by atoms with Crippen LogP contribution in [0.25, 0.3) is 10.2 Å². The first-order valence-corrected chi connectivity index (χ1v) is 8.86. The molecule has 0 bridgehead atoms. The fourth-order valence-corrected chi connectivity index (χ4v) is 4.77. The molecule has 0 aromatic carbocycles. The van der Waals surface area contributed by atoms with E-state index in [1.165, 1.54) is 6.42 Å². The summed E-state index contributed by atoms with van der Waals surface area (Å²) in [7, 11) is 0. The number of likely N-dealkylation sites (tertiary alicyclic amines) is 1. The summed E-state index contributed by atoms with van der Waals surface area (Å²) in [6.07, 6.45) is 6.21. The number of hydrogen-bond acceptors (Lipinski definition) is 5. The van der Waals surface area contributed by atoms with E-state index in [9.17, 15) is 4.79 Å². The Morgan fingerprint density at radius 3 is 2.91 bits per heavy atom. The molecule has 0 saturated carbocycles. The lowest BCUT2D eigenvalue weighted by Gasteiger charge is -2.35. The van der Waals surface area contributed by atoms with Crippen LogP contribution in [0.2, 0.25) is 0 Å². The van der Waals surface area contributed by atoms with Crippen molar-refractivity contribution in [3.05, 3.63) is 17.8 Å². The largest absolute Gasteiger partial charge is 0.351 e. The second kappa shape index (κ2) is 5.50. The predicted octanol–water partition coefficient (Wildman–Crippen LogP) is 2.67. The van der Waals surface area contributed by atoms with Crippen LogP contribution in [0.3, 0.4) is 0 Å². The lowest BCUT2D eigenvalue weighted by molar-refractivity contribution is -0.129. The molecule has 1 amide bonds. The number of fused-ring (bicyclic) bond motifs is 1. The fourth-order valence-electron chi connectivity index (χ4n) is 4.04. The molecule has 0 radical (unpaired) electrons. The van der Waals surface area contributed by atoms with Gasteiger partial charge in [-0.25, -0.2) is 9.97 Å². The zero-order valence-corrected chi connectivity index (χ0v) is 13.6. The van der Waals surface area contributed by atoms with Gasteiger partial charge in [-0.3, -0.25) is 4.79 Å². The van der Waals surface area contributed by atoms with Crippen molar-refractivity contribution in [3.63, 3.8) is 0 Å². The molecule has 0 aliphatic carbocycles. The van der Waals surface area contributed by atoms with Gasteiger partial charge in [0.1, 0.15) is 17.0 Å². The molecule has 0 spiro atoms. The minimum Gasteiger partial charge on any atom is -0.351 e. The zero-order valence-electron chi connectivity index (χ0n) is 12.7. The highest BCUT2D eigenvalue weighted by molar-refractivity contribution is 7.16. The molecule has 2 saturated heterocycles. The van der Waals surface area contributed by atoms with E-state index in [2.05, 4.69) is 31.2 Å². The third kappa shape index (κ3) is 2.17. The van der Waals surface area contributed by atoms with Gasteiger partial charge >= 0.3 is 0 Å². The average molecular weight is 316 g/mol. The Morgan fingerprint density at radius 1 is 1.23 bits per heavy atom. The van der Waals surface area contributed by atoms with E-state index in [-0.39, 0.29) is 5.91 Å². The van der Waals surface area contributed by atoms with Crippen molar-refractivity contribution in [3.8, 4) is 0 Å². The Hall–Kier alpha value is -1.69. The molecule has 0 N–H and O–H groups in total. The molecule has 0 unspecified atom stereocenters. The lowest BCUT2D eigenvalue weighted by Crippen LogP contribution is -2.48. The Balaban J connectivity index is 1.69. The maximum atomic E-state index is 11.9. The van der Waals surface area contributed by atoms with E-state index in [1.807, 2.05) is 0 Å². The maximum Gasteiger partial charge on any atom is 0.219 e. The van der Waals surface area contributed by atoms with Gasteiger partial charge in [0.05, 0.1) is 17.5 Å². The topological polar surface area (TPSA) is 49.3 Å². The van der Waals surface area contributed by atoms with Crippen LogP contribution in [0.15, 0.2) is 17.8 Å². The van der Waals surface area contributed by atoms with Gasteiger partial charge < -0.3 is 9.80 Å². The summed E-state index contributed by atoms with van der Waals surface area (Å²) in [5, 5.41) is 3.22. The van der Waals surface area contributed by atoms with E-state index in [0.717, 1.165) is 48.4 Å². The summed E-state index contributed by atoms with van der Waals surface area (Å²) in [6, 6.07) is 2.84. The van der Waals surface area contributed by atoms with Crippen LogP contribution in [0.4, 0.5) is 5.82 Å².